The van der Waals surface area contributed by atoms with Crippen LogP contribution in [0.5, 0.6) is 0 Å². The normalized spacial score (nSPS) is 33.1. The zero-order valence-electron chi connectivity index (χ0n) is 16.3. The van der Waals surface area contributed by atoms with Crippen LogP contribution in [-0.4, -0.2) is 43.0 Å². The molecule has 0 spiro atoms. The number of nitrogens with one attached hydrogen (secondary N) is 2. The Kier molecular flexibility index (Phi) is 3.86. The number of rotatable bonds is 4. The number of amides is 2. The van der Waals surface area contributed by atoms with Crippen LogP contribution in [0.1, 0.15) is 49.4 Å². The minimum absolute atomic E-state index is 0.0572. The molecule has 0 saturated heterocycles. The van der Waals surface area contributed by atoms with E-state index in [1.165, 1.54) is 0 Å². The van der Waals surface area contributed by atoms with Crippen molar-refractivity contribution in [1.29, 1.82) is 0 Å². The quantitative estimate of drug-likeness (QED) is 0.836. The van der Waals surface area contributed by atoms with Gasteiger partial charge >= 0.3 is 0 Å². The van der Waals surface area contributed by atoms with E-state index >= 15 is 0 Å². The smallest absolute Gasteiger partial charge is 0.256 e. The van der Waals surface area contributed by atoms with Gasteiger partial charge < -0.3 is 10.6 Å². The summed E-state index contributed by atoms with van der Waals surface area (Å²) >= 11 is 0. The van der Waals surface area contributed by atoms with E-state index in [9.17, 15) is 9.59 Å². The third-order valence-electron chi connectivity index (χ3n) is 6.89. The maximum Gasteiger partial charge on any atom is 0.256 e. The second kappa shape index (κ2) is 6.18. The van der Waals surface area contributed by atoms with Crippen LogP contribution in [-0.2, 0) is 11.8 Å². The summed E-state index contributed by atoms with van der Waals surface area (Å²) < 4.78 is 3.34. The van der Waals surface area contributed by atoms with E-state index in [1.54, 1.807) is 28.7 Å². The number of aromatic nitrogens is 4. The van der Waals surface area contributed by atoms with Crippen LogP contribution < -0.4 is 10.6 Å². The van der Waals surface area contributed by atoms with Crippen molar-refractivity contribution in [3.05, 3.63) is 30.2 Å². The number of hydrogen-bond acceptors (Lipinski definition) is 4. The topological polar surface area (TPSA) is 93.8 Å². The Morgan fingerprint density at radius 3 is 2.57 bits per heavy atom. The molecule has 4 bridgehead atoms. The third kappa shape index (κ3) is 2.73. The van der Waals surface area contributed by atoms with Crippen LogP contribution >= 0.6 is 0 Å². The van der Waals surface area contributed by atoms with E-state index < -0.39 is 0 Å². The lowest BCUT2D eigenvalue weighted by Gasteiger charge is -2.60. The Hall–Kier alpha value is -2.64. The molecule has 4 saturated carbocycles. The van der Waals surface area contributed by atoms with Gasteiger partial charge in [0.15, 0.2) is 5.82 Å². The van der Waals surface area contributed by atoms with Gasteiger partial charge in [0, 0.05) is 37.9 Å². The first kappa shape index (κ1) is 17.5. The van der Waals surface area contributed by atoms with E-state index in [0.29, 0.717) is 29.1 Å². The van der Waals surface area contributed by atoms with E-state index in [2.05, 4.69) is 20.8 Å². The van der Waals surface area contributed by atoms with Gasteiger partial charge in [-0.1, -0.05) is 0 Å². The molecule has 0 aromatic carbocycles. The number of carbonyl (C=O) groups is 2. The van der Waals surface area contributed by atoms with Gasteiger partial charge in [-0.05, 0) is 55.9 Å². The van der Waals surface area contributed by atoms with Crippen molar-refractivity contribution >= 4 is 11.8 Å². The molecule has 8 nitrogen and oxygen atoms in total. The van der Waals surface area contributed by atoms with E-state index in [4.69, 9.17) is 0 Å². The summed E-state index contributed by atoms with van der Waals surface area (Å²) in [6.45, 7) is 1.61. The van der Waals surface area contributed by atoms with Crippen LogP contribution in [0.3, 0.4) is 0 Å². The highest BCUT2D eigenvalue weighted by Gasteiger charge is 2.56. The molecule has 4 aliphatic rings. The first-order valence-electron chi connectivity index (χ1n) is 10.1. The maximum atomic E-state index is 13.1. The van der Waals surface area contributed by atoms with E-state index in [0.717, 1.165) is 32.1 Å². The zero-order valence-corrected chi connectivity index (χ0v) is 16.3. The second-order valence-electron chi connectivity index (χ2n) is 8.89. The summed E-state index contributed by atoms with van der Waals surface area (Å²) in [7, 11) is 1.81. The molecule has 2 atom stereocenters. The molecule has 4 fully saturated rings. The molecular formula is C20H26N6O2. The fourth-order valence-corrected chi connectivity index (χ4v) is 6.27. The molecule has 2 unspecified atom stereocenters. The Balaban J connectivity index is 1.37. The average Bonchev–Trinajstić information content (AvgIpc) is 3.25. The number of carbonyl (C=O) groups excluding carboxylic acids is 2. The van der Waals surface area contributed by atoms with Gasteiger partial charge in [-0.15, -0.1) is 0 Å². The third-order valence-corrected chi connectivity index (χ3v) is 6.89. The van der Waals surface area contributed by atoms with Crippen molar-refractivity contribution in [2.45, 2.75) is 50.6 Å². The van der Waals surface area contributed by atoms with Crippen molar-refractivity contribution in [3.63, 3.8) is 0 Å². The van der Waals surface area contributed by atoms with Crippen molar-refractivity contribution in [1.82, 2.24) is 30.2 Å². The summed E-state index contributed by atoms with van der Waals surface area (Å²) in [5.74, 6) is 2.14. The Morgan fingerprint density at radius 2 is 1.93 bits per heavy atom. The van der Waals surface area contributed by atoms with Gasteiger partial charge in [-0.3, -0.25) is 14.3 Å². The molecule has 8 heteroatoms. The van der Waals surface area contributed by atoms with Crippen LogP contribution in [0.2, 0.25) is 0 Å². The molecule has 4 aliphatic carbocycles. The lowest BCUT2D eigenvalue weighted by atomic mass is 9.51. The SMILES string of the molecule is CC(=O)NC12CC3CC(C1)C(NC(=O)c1cnn(C)c1-n1cccn1)C(C3)C2. The van der Waals surface area contributed by atoms with Gasteiger partial charge in [0.1, 0.15) is 5.56 Å². The highest BCUT2D eigenvalue weighted by molar-refractivity contribution is 5.97. The molecular weight excluding hydrogens is 356 g/mol. The monoisotopic (exact) mass is 382 g/mol. The van der Waals surface area contributed by atoms with Crippen molar-refractivity contribution < 1.29 is 9.59 Å². The van der Waals surface area contributed by atoms with Crippen molar-refractivity contribution in [2.24, 2.45) is 24.8 Å². The van der Waals surface area contributed by atoms with Gasteiger partial charge in [0.25, 0.3) is 5.91 Å². The van der Waals surface area contributed by atoms with Crippen LogP contribution in [0.4, 0.5) is 0 Å². The molecule has 2 N–H and O–H groups in total. The number of hydrogen-bond donors (Lipinski definition) is 2. The predicted octanol–water partition coefficient (Wildman–Crippen LogP) is 1.42. The largest absolute Gasteiger partial charge is 0.351 e. The minimum atomic E-state index is -0.0929. The minimum Gasteiger partial charge on any atom is -0.351 e. The molecule has 28 heavy (non-hydrogen) atoms. The second-order valence-corrected chi connectivity index (χ2v) is 8.89. The first-order chi connectivity index (χ1) is 13.4. The molecule has 6 rings (SSSR count). The van der Waals surface area contributed by atoms with Gasteiger partial charge in [0.2, 0.25) is 5.91 Å². The maximum absolute atomic E-state index is 13.1. The summed E-state index contributed by atoms with van der Waals surface area (Å²) in [5, 5.41) is 15.1. The highest BCUT2D eigenvalue weighted by Crippen LogP contribution is 2.55. The predicted molar refractivity (Wildman–Crippen MR) is 102 cm³/mol. The van der Waals surface area contributed by atoms with Gasteiger partial charge in [0.05, 0.1) is 6.20 Å². The van der Waals surface area contributed by atoms with Gasteiger partial charge in [-0.2, -0.15) is 10.2 Å². The average molecular weight is 382 g/mol. The van der Waals surface area contributed by atoms with Crippen molar-refractivity contribution in [2.75, 3.05) is 0 Å². The Labute approximate surface area is 163 Å². The molecule has 2 heterocycles. The number of nitrogens with zero attached hydrogens (tertiary/aromatic N) is 4. The van der Waals surface area contributed by atoms with Crippen molar-refractivity contribution in [3.8, 4) is 5.82 Å². The Morgan fingerprint density at radius 1 is 1.18 bits per heavy atom. The van der Waals surface area contributed by atoms with Crippen LogP contribution in [0.15, 0.2) is 24.7 Å². The molecule has 2 aromatic rings. The molecule has 148 valence electrons. The standard InChI is InChI=1S/C20H26N6O2/c1-12(27)24-20-8-13-6-14(9-20)17(15(7-13)10-20)23-18(28)16-11-22-25(2)19(16)26-5-3-4-21-26/h3-5,11,13-15,17H,6-10H2,1-2H3,(H,23,28)(H,24,27). The Bertz CT molecular complexity index is 901. The highest BCUT2D eigenvalue weighted by atomic mass is 16.2. The lowest BCUT2D eigenvalue weighted by molar-refractivity contribution is -0.125. The summed E-state index contributed by atoms with van der Waals surface area (Å²) in [6.07, 6.45) is 10.4. The zero-order chi connectivity index (χ0) is 19.5. The van der Waals surface area contributed by atoms with E-state index in [1.807, 2.05) is 19.3 Å². The summed E-state index contributed by atoms with van der Waals surface area (Å²) in [6, 6.07) is 1.99. The molecule has 2 amide bonds. The fourth-order valence-electron chi connectivity index (χ4n) is 6.27. The summed E-state index contributed by atoms with van der Waals surface area (Å²) in [5.41, 5.74) is 0.481. The fraction of sp³-hybridized carbons (Fsp3) is 0.600. The van der Waals surface area contributed by atoms with Gasteiger partial charge in [-0.25, -0.2) is 4.68 Å². The summed E-state index contributed by atoms with van der Waals surface area (Å²) in [4.78, 5) is 24.9. The first-order valence-corrected chi connectivity index (χ1v) is 10.1. The van der Waals surface area contributed by atoms with Crippen LogP contribution in [0, 0.1) is 17.8 Å². The van der Waals surface area contributed by atoms with E-state index in [-0.39, 0.29) is 23.4 Å². The lowest BCUT2D eigenvalue weighted by Crippen LogP contribution is -2.66. The van der Waals surface area contributed by atoms with Crippen LogP contribution in [0.25, 0.3) is 5.82 Å². The molecule has 2 aromatic heterocycles. The molecule has 0 aliphatic heterocycles. The molecule has 0 radical (unpaired) electrons. The number of aryl methyl sites for hydroxylation is 1.